The molecular formula is C20H22N4O5S2. The highest BCUT2D eigenvalue weighted by molar-refractivity contribution is 7.92. The van der Waals surface area contributed by atoms with E-state index in [4.69, 9.17) is 0 Å². The predicted octanol–water partition coefficient (Wildman–Crippen LogP) is 2.08. The number of carbonyl (C=O) groups excluding carboxylic acids is 1. The Hall–Kier alpha value is -2.92. The molecule has 0 radical (unpaired) electrons. The summed E-state index contributed by atoms with van der Waals surface area (Å²) < 4.78 is 55.5. The molecule has 1 fully saturated rings. The molecule has 1 saturated heterocycles. The van der Waals surface area contributed by atoms with E-state index in [1.165, 1.54) is 36.4 Å². The van der Waals surface area contributed by atoms with E-state index in [0.29, 0.717) is 37.5 Å². The molecule has 0 aliphatic carbocycles. The Morgan fingerprint density at radius 3 is 2.23 bits per heavy atom. The van der Waals surface area contributed by atoms with E-state index in [1.54, 1.807) is 17.0 Å². The summed E-state index contributed by atoms with van der Waals surface area (Å²) in [5.41, 5.74) is 0.769. The Morgan fingerprint density at radius 1 is 0.839 bits per heavy atom. The zero-order valence-corrected chi connectivity index (χ0v) is 18.2. The molecule has 11 heteroatoms. The minimum Gasteiger partial charge on any atom is -0.312 e. The molecule has 0 atom stereocenters. The van der Waals surface area contributed by atoms with Gasteiger partial charge in [-0.2, -0.15) is 0 Å². The molecular weight excluding hydrogens is 440 g/mol. The summed E-state index contributed by atoms with van der Waals surface area (Å²) in [5.74, 6) is 0.423. The van der Waals surface area contributed by atoms with E-state index in [-0.39, 0.29) is 21.4 Å². The van der Waals surface area contributed by atoms with Gasteiger partial charge in [-0.05, 0) is 55.3 Å². The number of amidine groups is 1. The van der Waals surface area contributed by atoms with Crippen molar-refractivity contribution in [2.45, 2.75) is 35.5 Å². The van der Waals surface area contributed by atoms with Crippen molar-refractivity contribution >= 4 is 43.2 Å². The van der Waals surface area contributed by atoms with Gasteiger partial charge < -0.3 is 4.90 Å². The highest BCUT2D eigenvalue weighted by Crippen LogP contribution is 2.25. The summed E-state index contributed by atoms with van der Waals surface area (Å²) in [6, 6.07) is 11.6. The number of sulfonamides is 2. The highest BCUT2D eigenvalue weighted by atomic mass is 32.2. The Morgan fingerprint density at radius 2 is 1.58 bits per heavy atom. The minimum atomic E-state index is -3.94. The molecule has 0 saturated carbocycles. The van der Waals surface area contributed by atoms with Crippen LogP contribution in [0.15, 0.2) is 63.3 Å². The fraction of sp³-hybridized carbons (Fsp3) is 0.300. The molecule has 2 N–H and O–H groups in total. The van der Waals surface area contributed by atoms with Crippen molar-refractivity contribution in [2.24, 2.45) is 4.99 Å². The number of rotatable bonds is 6. The molecule has 4 rings (SSSR count). The van der Waals surface area contributed by atoms with Gasteiger partial charge in [-0.1, -0.05) is 6.07 Å². The quantitative estimate of drug-likeness (QED) is 0.680. The van der Waals surface area contributed by atoms with Crippen LogP contribution in [0.5, 0.6) is 0 Å². The Balaban J connectivity index is 1.52. The fourth-order valence-electron chi connectivity index (χ4n) is 3.50. The molecule has 0 bridgehead atoms. The van der Waals surface area contributed by atoms with E-state index in [9.17, 15) is 21.6 Å². The number of hydrogen-bond acceptors (Lipinski definition) is 6. The standard InChI is InChI=1S/C20H22N4O5S2/c25-20-7-3-13-24(20)16-8-10-17(11-9-16)30(26,27)22-15-4-1-5-18(14-15)31(28,29)23-19-6-2-12-21-19/h1,4-5,8-11,14,22H,2-3,6-7,12-13H2,(H,21,23). The topological polar surface area (TPSA) is 125 Å². The minimum absolute atomic E-state index is 0.00888. The van der Waals surface area contributed by atoms with E-state index in [2.05, 4.69) is 14.4 Å². The molecule has 0 aromatic heterocycles. The second kappa shape index (κ2) is 8.31. The van der Waals surface area contributed by atoms with Crippen LogP contribution in [0.1, 0.15) is 25.7 Å². The first kappa shape index (κ1) is 21.3. The Bertz CT molecular complexity index is 1240. The van der Waals surface area contributed by atoms with Crippen LogP contribution in [-0.4, -0.2) is 41.7 Å². The third kappa shape index (κ3) is 4.72. The van der Waals surface area contributed by atoms with E-state index in [0.717, 1.165) is 12.8 Å². The van der Waals surface area contributed by atoms with Crippen molar-refractivity contribution < 1.29 is 21.6 Å². The van der Waals surface area contributed by atoms with Crippen molar-refractivity contribution in [2.75, 3.05) is 22.7 Å². The van der Waals surface area contributed by atoms with Crippen LogP contribution in [0.2, 0.25) is 0 Å². The number of amides is 1. The molecule has 0 unspecified atom stereocenters. The van der Waals surface area contributed by atoms with Gasteiger partial charge in [-0.3, -0.25) is 19.2 Å². The maximum Gasteiger partial charge on any atom is 0.262 e. The molecule has 1 amide bonds. The molecule has 164 valence electrons. The van der Waals surface area contributed by atoms with E-state index in [1.807, 2.05) is 0 Å². The average molecular weight is 463 g/mol. The van der Waals surface area contributed by atoms with Crippen molar-refractivity contribution in [3.05, 3.63) is 48.5 Å². The van der Waals surface area contributed by atoms with Crippen molar-refractivity contribution in [1.82, 2.24) is 4.72 Å². The monoisotopic (exact) mass is 462 g/mol. The second-order valence-electron chi connectivity index (χ2n) is 7.31. The summed E-state index contributed by atoms with van der Waals surface area (Å²) >= 11 is 0. The first-order chi connectivity index (χ1) is 14.7. The fourth-order valence-corrected chi connectivity index (χ4v) is 5.69. The number of nitrogens with zero attached hydrogens (tertiary/aromatic N) is 2. The van der Waals surface area contributed by atoms with Crippen molar-refractivity contribution in [3.8, 4) is 0 Å². The van der Waals surface area contributed by atoms with E-state index < -0.39 is 20.0 Å². The number of anilines is 2. The lowest BCUT2D eigenvalue weighted by Crippen LogP contribution is -2.29. The molecule has 2 aliphatic rings. The van der Waals surface area contributed by atoms with Gasteiger partial charge in [0.05, 0.1) is 15.5 Å². The number of carbonyl (C=O) groups is 1. The number of nitrogens with one attached hydrogen (secondary N) is 2. The number of hydrogen-bond donors (Lipinski definition) is 2. The van der Waals surface area contributed by atoms with Gasteiger partial charge in [0, 0.05) is 31.6 Å². The normalized spacial score (nSPS) is 17.0. The zero-order valence-electron chi connectivity index (χ0n) is 16.6. The van der Waals surface area contributed by atoms with Crippen LogP contribution >= 0.6 is 0 Å². The summed E-state index contributed by atoms with van der Waals surface area (Å²) in [5, 5.41) is 0. The van der Waals surface area contributed by atoms with Crippen molar-refractivity contribution in [3.63, 3.8) is 0 Å². The molecule has 2 aromatic rings. The van der Waals surface area contributed by atoms with Gasteiger partial charge in [0.1, 0.15) is 5.84 Å². The van der Waals surface area contributed by atoms with Gasteiger partial charge in [0.2, 0.25) is 5.91 Å². The molecule has 2 aromatic carbocycles. The van der Waals surface area contributed by atoms with Gasteiger partial charge in [-0.15, -0.1) is 0 Å². The highest BCUT2D eigenvalue weighted by Gasteiger charge is 2.23. The summed E-state index contributed by atoms with van der Waals surface area (Å²) in [7, 11) is -7.80. The van der Waals surface area contributed by atoms with Gasteiger partial charge in [0.25, 0.3) is 20.0 Å². The number of benzene rings is 2. The third-order valence-corrected chi connectivity index (χ3v) is 7.83. The molecule has 0 spiro atoms. The van der Waals surface area contributed by atoms with Crippen LogP contribution in [0.4, 0.5) is 11.4 Å². The summed E-state index contributed by atoms with van der Waals surface area (Å²) in [6.45, 7) is 1.20. The first-order valence-corrected chi connectivity index (χ1v) is 12.8. The van der Waals surface area contributed by atoms with Crippen LogP contribution < -0.4 is 14.3 Å². The van der Waals surface area contributed by atoms with Crippen molar-refractivity contribution in [1.29, 1.82) is 0 Å². The van der Waals surface area contributed by atoms with Crippen LogP contribution in [0.3, 0.4) is 0 Å². The SMILES string of the molecule is O=C1CCCN1c1ccc(S(=O)(=O)Nc2cccc(S(=O)(=O)NC3=NCCC3)c2)cc1. The molecule has 31 heavy (non-hydrogen) atoms. The van der Waals surface area contributed by atoms with Crippen LogP contribution in [-0.2, 0) is 24.8 Å². The number of aliphatic imine (C=N–C) groups is 1. The smallest absolute Gasteiger partial charge is 0.262 e. The average Bonchev–Trinajstić information content (AvgIpc) is 3.39. The molecule has 2 heterocycles. The maximum absolute atomic E-state index is 12.8. The predicted molar refractivity (Wildman–Crippen MR) is 117 cm³/mol. The van der Waals surface area contributed by atoms with Gasteiger partial charge in [0.15, 0.2) is 0 Å². The van der Waals surface area contributed by atoms with Crippen LogP contribution in [0, 0.1) is 0 Å². The van der Waals surface area contributed by atoms with Gasteiger partial charge in [-0.25, -0.2) is 16.8 Å². The lowest BCUT2D eigenvalue weighted by atomic mass is 10.3. The summed E-state index contributed by atoms with van der Waals surface area (Å²) in [6.07, 6.45) is 2.62. The van der Waals surface area contributed by atoms with Gasteiger partial charge >= 0.3 is 0 Å². The molecule has 2 aliphatic heterocycles. The maximum atomic E-state index is 12.8. The Kier molecular flexibility index (Phi) is 5.71. The lowest BCUT2D eigenvalue weighted by Gasteiger charge is -2.16. The first-order valence-electron chi connectivity index (χ1n) is 9.84. The van der Waals surface area contributed by atoms with Crippen LogP contribution in [0.25, 0.3) is 0 Å². The lowest BCUT2D eigenvalue weighted by molar-refractivity contribution is -0.117. The largest absolute Gasteiger partial charge is 0.312 e. The second-order valence-corrected chi connectivity index (χ2v) is 10.7. The third-order valence-electron chi connectivity index (χ3n) is 5.06. The van der Waals surface area contributed by atoms with E-state index >= 15 is 0 Å². The zero-order chi connectivity index (χ0) is 22.1. The molecule has 9 nitrogen and oxygen atoms in total. The Labute approximate surface area is 181 Å². The summed E-state index contributed by atoms with van der Waals surface area (Å²) in [4.78, 5) is 17.5.